The number of anilines is 2. The lowest BCUT2D eigenvalue weighted by atomic mass is 9.98. The van der Waals surface area contributed by atoms with E-state index in [0.717, 1.165) is 35.7 Å². The number of ether oxygens (including phenoxy) is 1. The molecule has 0 bridgehead atoms. The van der Waals surface area contributed by atoms with Gasteiger partial charge < -0.3 is 10.1 Å². The number of nitrogens with one attached hydrogen (secondary N) is 1. The molecule has 26 heavy (non-hydrogen) atoms. The molecule has 0 atom stereocenters. The molecule has 2 heterocycles. The van der Waals surface area contributed by atoms with Gasteiger partial charge >= 0.3 is 0 Å². The lowest BCUT2D eigenvalue weighted by molar-refractivity contribution is 0.151. The van der Waals surface area contributed by atoms with E-state index in [1.807, 2.05) is 41.7 Å². The Balaban J connectivity index is 1.55. The zero-order valence-electron chi connectivity index (χ0n) is 14.8. The molecule has 0 aliphatic heterocycles. The summed E-state index contributed by atoms with van der Waals surface area (Å²) in [5.41, 5.74) is 2.43. The van der Waals surface area contributed by atoms with Gasteiger partial charge in [0.15, 0.2) is 0 Å². The van der Waals surface area contributed by atoms with Crippen molar-refractivity contribution in [2.24, 2.45) is 0 Å². The van der Waals surface area contributed by atoms with E-state index in [-0.39, 0.29) is 0 Å². The van der Waals surface area contributed by atoms with Crippen LogP contribution in [0.2, 0.25) is 0 Å². The number of thiophene rings is 1. The lowest BCUT2D eigenvalue weighted by Crippen LogP contribution is -2.20. The molecule has 1 aromatic carbocycles. The maximum Gasteiger partial charge on any atom is 0.231 e. The summed E-state index contributed by atoms with van der Waals surface area (Å²) in [5.74, 6) is 1.43. The molecule has 0 spiro atoms. The molecule has 5 heteroatoms. The van der Waals surface area contributed by atoms with Crippen molar-refractivity contribution in [1.82, 2.24) is 9.97 Å². The number of aromatic nitrogens is 2. The highest BCUT2D eigenvalue weighted by Crippen LogP contribution is 2.41. The SMILES string of the molecule is c1ccc(Nc2nc(OC3CCCCC3)c3c4c(sc3n2)CCC4)cc1. The number of aryl methyl sites for hydroxylation is 2. The fourth-order valence-electron chi connectivity index (χ4n) is 4.10. The van der Waals surface area contributed by atoms with E-state index >= 15 is 0 Å². The Morgan fingerprint density at radius 3 is 2.65 bits per heavy atom. The maximum atomic E-state index is 6.45. The fourth-order valence-corrected chi connectivity index (χ4v) is 5.35. The van der Waals surface area contributed by atoms with E-state index in [9.17, 15) is 0 Å². The van der Waals surface area contributed by atoms with Crippen molar-refractivity contribution in [3.05, 3.63) is 40.8 Å². The Morgan fingerprint density at radius 2 is 1.81 bits per heavy atom. The summed E-state index contributed by atoms with van der Waals surface area (Å²) in [7, 11) is 0. The van der Waals surface area contributed by atoms with Gasteiger partial charge in [0.1, 0.15) is 10.9 Å². The van der Waals surface area contributed by atoms with E-state index < -0.39 is 0 Å². The first-order chi connectivity index (χ1) is 12.9. The van der Waals surface area contributed by atoms with Crippen molar-refractivity contribution in [2.75, 3.05) is 5.32 Å². The number of para-hydroxylation sites is 1. The van der Waals surface area contributed by atoms with Gasteiger partial charge in [0.25, 0.3) is 0 Å². The molecule has 1 fully saturated rings. The van der Waals surface area contributed by atoms with Crippen LogP contribution in [0.15, 0.2) is 30.3 Å². The molecule has 134 valence electrons. The summed E-state index contributed by atoms with van der Waals surface area (Å²) in [6.07, 6.45) is 9.96. The molecule has 0 radical (unpaired) electrons. The third-order valence-corrected chi connectivity index (χ3v) is 6.58. The van der Waals surface area contributed by atoms with Crippen LogP contribution in [-0.2, 0) is 12.8 Å². The van der Waals surface area contributed by atoms with E-state index in [1.54, 1.807) is 0 Å². The normalized spacial score (nSPS) is 17.4. The van der Waals surface area contributed by atoms with Crippen molar-refractivity contribution >= 4 is 33.2 Å². The summed E-state index contributed by atoms with van der Waals surface area (Å²) >= 11 is 1.82. The smallest absolute Gasteiger partial charge is 0.231 e. The van der Waals surface area contributed by atoms with Crippen LogP contribution >= 0.6 is 11.3 Å². The Morgan fingerprint density at radius 1 is 0.962 bits per heavy atom. The van der Waals surface area contributed by atoms with Crippen molar-refractivity contribution in [3.8, 4) is 5.88 Å². The van der Waals surface area contributed by atoms with Crippen LogP contribution in [0.4, 0.5) is 11.6 Å². The molecule has 0 saturated heterocycles. The number of benzene rings is 1. The first-order valence-corrected chi connectivity index (χ1v) is 10.5. The van der Waals surface area contributed by atoms with Crippen molar-refractivity contribution in [2.45, 2.75) is 57.5 Å². The van der Waals surface area contributed by atoms with Gasteiger partial charge in [-0.25, -0.2) is 4.98 Å². The molecule has 5 rings (SSSR count). The van der Waals surface area contributed by atoms with Gasteiger partial charge in [-0.3, -0.25) is 0 Å². The summed E-state index contributed by atoms with van der Waals surface area (Å²) < 4.78 is 6.45. The molecule has 1 N–H and O–H groups in total. The van der Waals surface area contributed by atoms with Crippen molar-refractivity contribution in [3.63, 3.8) is 0 Å². The number of rotatable bonds is 4. The molecule has 3 aromatic rings. The van der Waals surface area contributed by atoms with Gasteiger partial charge in [-0.1, -0.05) is 24.6 Å². The maximum absolute atomic E-state index is 6.45. The second-order valence-corrected chi connectivity index (χ2v) is 8.34. The first-order valence-electron chi connectivity index (χ1n) is 9.68. The second kappa shape index (κ2) is 6.88. The molecule has 2 aliphatic rings. The van der Waals surface area contributed by atoms with E-state index in [1.165, 1.54) is 47.9 Å². The van der Waals surface area contributed by atoms with Crippen LogP contribution in [0.25, 0.3) is 10.2 Å². The summed E-state index contributed by atoms with van der Waals surface area (Å²) in [6.45, 7) is 0. The number of fused-ring (bicyclic) bond motifs is 3. The third-order valence-electron chi connectivity index (χ3n) is 5.39. The average molecular weight is 366 g/mol. The predicted molar refractivity (Wildman–Crippen MR) is 107 cm³/mol. The highest BCUT2D eigenvalue weighted by Gasteiger charge is 2.25. The fraction of sp³-hybridized carbons (Fsp3) is 0.429. The third kappa shape index (κ3) is 3.05. The Labute approximate surface area is 157 Å². The standard InChI is InChI=1S/C21H23N3OS/c1-3-8-14(9-4-1)22-21-23-19(25-15-10-5-2-6-11-15)18-16-12-7-13-17(16)26-20(18)24-21/h1,3-4,8-9,15H,2,5-7,10-13H2,(H,22,23,24). The molecule has 2 aromatic heterocycles. The number of nitrogens with zero attached hydrogens (tertiary/aromatic N) is 2. The zero-order valence-corrected chi connectivity index (χ0v) is 15.6. The van der Waals surface area contributed by atoms with Crippen molar-refractivity contribution < 1.29 is 4.74 Å². The minimum atomic E-state index is 0.295. The van der Waals surface area contributed by atoms with E-state index in [4.69, 9.17) is 14.7 Å². The largest absolute Gasteiger partial charge is 0.474 e. The summed E-state index contributed by atoms with van der Waals surface area (Å²) in [5, 5.41) is 4.52. The van der Waals surface area contributed by atoms with Crippen LogP contribution in [0.5, 0.6) is 5.88 Å². The van der Waals surface area contributed by atoms with Crippen LogP contribution < -0.4 is 10.1 Å². The predicted octanol–water partition coefficient (Wildman–Crippen LogP) is 5.64. The molecule has 4 nitrogen and oxygen atoms in total. The summed E-state index contributed by atoms with van der Waals surface area (Å²) in [4.78, 5) is 12.1. The topological polar surface area (TPSA) is 47.0 Å². The van der Waals surface area contributed by atoms with E-state index in [0.29, 0.717) is 12.1 Å². The minimum absolute atomic E-state index is 0.295. The van der Waals surface area contributed by atoms with Crippen LogP contribution in [0.1, 0.15) is 49.0 Å². The van der Waals surface area contributed by atoms with Crippen LogP contribution in [0, 0.1) is 0 Å². The highest BCUT2D eigenvalue weighted by atomic mass is 32.1. The van der Waals surface area contributed by atoms with Gasteiger partial charge in [0.05, 0.1) is 5.39 Å². The molecular weight excluding hydrogens is 342 g/mol. The van der Waals surface area contributed by atoms with E-state index in [2.05, 4.69) is 5.32 Å². The quantitative estimate of drug-likeness (QED) is 0.650. The second-order valence-electron chi connectivity index (χ2n) is 7.26. The Hall–Kier alpha value is -2.14. The number of hydrogen-bond acceptors (Lipinski definition) is 5. The molecule has 2 aliphatic carbocycles. The zero-order chi connectivity index (χ0) is 17.3. The summed E-state index contributed by atoms with van der Waals surface area (Å²) in [6, 6.07) is 10.1. The van der Waals surface area contributed by atoms with Gasteiger partial charge in [0.2, 0.25) is 11.8 Å². The van der Waals surface area contributed by atoms with Crippen LogP contribution in [0.3, 0.4) is 0 Å². The molecule has 1 saturated carbocycles. The lowest BCUT2D eigenvalue weighted by Gasteiger charge is -2.23. The Kier molecular flexibility index (Phi) is 4.25. The van der Waals surface area contributed by atoms with Crippen LogP contribution in [-0.4, -0.2) is 16.1 Å². The average Bonchev–Trinajstić information content (AvgIpc) is 3.24. The van der Waals surface area contributed by atoms with Gasteiger partial charge in [0, 0.05) is 10.6 Å². The number of hydrogen-bond donors (Lipinski definition) is 1. The molecular formula is C21H23N3OS. The first kappa shape index (κ1) is 16.1. The Bertz CT molecular complexity index is 916. The van der Waals surface area contributed by atoms with Gasteiger partial charge in [-0.05, 0) is 62.6 Å². The van der Waals surface area contributed by atoms with Gasteiger partial charge in [-0.2, -0.15) is 4.98 Å². The monoisotopic (exact) mass is 365 g/mol. The minimum Gasteiger partial charge on any atom is -0.474 e. The van der Waals surface area contributed by atoms with Gasteiger partial charge in [-0.15, -0.1) is 11.3 Å². The molecule has 0 unspecified atom stereocenters. The molecule has 0 amide bonds. The van der Waals surface area contributed by atoms with Crippen molar-refractivity contribution in [1.29, 1.82) is 0 Å². The highest BCUT2D eigenvalue weighted by molar-refractivity contribution is 7.19.